The Morgan fingerprint density at radius 1 is 1.22 bits per heavy atom. The number of hydrogen-bond acceptors (Lipinski definition) is 4. The summed E-state index contributed by atoms with van der Waals surface area (Å²) in [6.45, 7) is 0. The molecule has 23 heavy (non-hydrogen) atoms. The fraction of sp³-hybridized carbons (Fsp3) is 0.200. The van der Waals surface area contributed by atoms with Crippen molar-refractivity contribution in [1.82, 2.24) is 9.97 Å². The molecule has 0 bridgehead atoms. The molecule has 1 aliphatic rings. The van der Waals surface area contributed by atoms with Gasteiger partial charge in [0.25, 0.3) is 0 Å². The molecule has 0 radical (unpaired) electrons. The Bertz CT molecular complexity index is 777. The minimum Gasteiger partial charge on any atom is -0.369 e. The van der Waals surface area contributed by atoms with Crippen molar-refractivity contribution in [3.8, 4) is 0 Å². The molecule has 0 aliphatic heterocycles. The van der Waals surface area contributed by atoms with E-state index >= 15 is 0 Å². The van der Waals surface area contributed by atoms with Crippen LogP contribution in [0, 0.1) is 5.41 Å². The number of rotatable bonds is 4. The number of anilines is 2. The number of aromatic nitrogens is 2. The monoisotopic (exact) mass is 394 g/mol. The Hall–Kier alpha value is -1.99. The summed E-state index contributed by atoms with van der Waals surface area (Å²) in [4.78, 5) is 34.0. The van der Waals surface area contributed by atoms with Crippen molar-refractivity contribution < 1.29 is 9.59 Å². The largest absolute Gasteiger partial charge is 0.369 e. The van der Waals surface area contributed by atoms with Gasteiger partial charge in [-0.15, -0.1) is 0 Å². The fourth-order valence-electron chi connectivity index (χ4n) is 2.30. The van der Waals surface area contributed by atoms with Crippen LogP contribution >= 0.6 is 27.5 Å². The summed E-state index contributed by atoms with van der Waals surface area (Å²) in [6, 6.07) is 8.64. The Labute approximate surface area is 145 Å². The zero-order valence-electron chi connectivity index (χ0n) is 11.9. The highest BCUT2D eigenvalue weighted by Crippen LogP contribution is 2.48. The lowest BCUT2D eigenvalue weighted by Gasteiger charge is -2.25. The standard InChI is InChI=1S/C15H12BrClN4O2/c16-9-1-3-10(4-2-9)21(11-5-8-19-14(17)20-11)13(23)15(6-7-15)12(18)22/h1-5,8H,6-7H2,(H2,18,22). The molecule has 0 saturated heterocycles. The molecule has 118 valence electrons. The molecule has 0 spiro atoms. The van der Waals surface area contributed by atoms with Gasteiger partial charge < -0.3 is 5.73 Å². The predicted octanol–water partition coefficient (Wildman–Crippen LogP) is 2.82. The van der Waals surface area contributed by atoms with Gasteiger partial charge in [-0.3, -0.25) is 14.5 Å². The number of nitrogens with zero attached hydrogens (tertiary/aromatic N) is 3. The van der Waals surface area contributed by atoms with Crippen molar-refractivity contribution in [3.63, 3.8) is 0 Å². The summed E-state index contributed by atoms with van der Waals surface area (Å²) in [5, 5.41) is 0.0151. The van der Waals surface area contributed by atoms with E-state index in [4.69, 9.17) is 17.3 Å². The van der Waals surface area contributed by atoms with Gasteiger partial charge in [0.05, 0.1) is 5.69 Å². The normalized spacial score (nSPS) is 15.0. The molecule has 1 aliphatic carbocycles. The number of halogens is 2. The lowest BCUT2D eigenvalue weighted by molar-refractivity contribution is -0.133. The zero-order valence-corrected chi connectivity index (χ0v) is 14.2. The number of hydrogen-bond donors (Lipinski definition) is 1. The zero-order chi connectivity index (χ0) is 16.6. The van der Waals surface area contributed by atoms with Gasteiger partial charge in [-0.05, 0) is 54.8 Å². The van der Waals surface area contributed by atoms with Crippen molar-refractivity contribution in [2.24, 2.45) is 11.1 Å². The predicted molar refractivity (Wildman–Crippen MR) is 89.2 cm³/mol. The van der Waals surface area contributed by atoms with Crippen LogP contribution < -0.4 is 10.6 Å². The van der Waals surface area contributed by atoms with Gasteiger partial charge in [0.15, 0.2) is 0 Å². The Morgan fingerprint density at radius 3 is 2.39 bits per heavy atom. The maximum absolute atomic E-state index is 13.0. The Balaban J connectivity index is 2.09. The summed E-state index contributed by atoms with van der Waals surface area (Å²) < 4.78 is 0.866. The van der Waals surface area contributed by atoms with E-state index in [1.54, 1.807) is 30.3 Å². The highest BCUT2D eigenvalue weighted by Gasteiger charge is 2.57. The molecular formula is C15H12BrClN4O2. The Kier molecular flexibility index (Phi) is 4.08. The smallest absolute Gasteiger partial charge is 0.248 e. The SMILES string of the molecule is NC(=O)C1(C(=O)N(c2ccc(Br)cc2)c2ccnc(Cl)n2)CC1. The van der Waals surface area contributed by atoms with Crippen molar-refractivity contribution in [1.29, 1.82) is 0 Å². The van der Waals surface area contributed by atoms with E-state index < -0.39 is 17.2 Å². The van der Waals surface area contributed by atoms with E-state index in [0.717, 1.165) is 4.47 Å². The van der Waals surface area contributed by atoms with E-state index in [0.29, 0.717) is 24.3 Å². The van der Waals surface area contributed by atoms with Crippen molar-refractivity contribution in [3.05, 3.63) is 46.3 Å². The third kappa shape index (κ3) is 2.94. The van der Waals surface area contributed by atoms with Crippen LogP contribution in [0.4, 0.5) is 11.5 Å². The minimum absolute atomic E-state index is 0.0151. The first-order valence-corrected chi connectivity index (χ1v) is 8.00. The molecule has 0 atom stereocenters. The average molecular weight is 396 g/mol. The van der Waals surface area contributed by atoms with E-state index in [1.165, 1.54) is 11.1 Å². The fourth-order valence-corrected chi connectivity index (χ4v) is 2.71. The second-order valence-electron chi connectivity index (χ2n) is 5.25. The summed E-state index contributed by atoms with van der Waals surface area (Å²) in [5.41, 5.74) is 4.84. The molecule has 2 amide bonds. The van der Waals surface area contributed by atoms with Crippen LogP contribution in [0.1, 0.15) is 12.8 Å². The van der Waals surface area contributed by atoms with Crippen LogP contribution in [-0.2, 0) is 9.59 Å². The number of benzene rings is 1. The summed E-state index contributed by atoms with van der Waals surface area (Å²) in [7, 11) is 0. The number of primary amides is 1. The number of carbonyl (C=O) groups is 2. The van der Waals surface area contributed by atoms with Gasteiger partial charge in [0, 0.05) is 10.7 Å². The van der Waals surface area contributed by atoms with Crippen LogP contribution in [0.5, 0.6) is 0 Å². The quantitative estimate of drug-likeness (QED) is 0.637. The van der Waals surface area contributed by atoms with Gasteiger partial charge in [-0.1, -0.05) is 15.9 Å². The molecule has 1 heterocycles. The second kappa shape index (κ2) is 5.90. The van der Waals surface area contributed by atoms with Crippen LogP contribution in [0.3, 0.4) is 0 Å². The molecule has 3 rings (SSSR count). The van der Waals surface area contributed by atoms with Crippen LogP contribution in [-0.4, -0.2) is 21.8 Å². The van der Waals surface area contributed by atoms with Crippen molar-refractivity contribution in [2.75, 3.05) is 4.90 Å². The van der Waals surface area contributed by atoms with E-state index in [2.05, 4.69) is 25.9 Å². The first-order chi connectivity index (χ1) is 10.9. The van der Waals surface area contributed by atoms with Gasteiger partial charge in [0.1, 0.15) is 11.2 Å². The molecule has 2 N–H and O–H groups in total. The topological polar surface area (TPSA) is 89.2 Å². The van der Waals surface area contributed by atoms with Crippen LogP contribution in [0.15, 0.2) is 41.0 Å². The molecule has 8 heteroatoms. The molecule has 1 aromatic heterocycles. The maximum Gasteiger partial charge on any atom is 0.248 e. The first-order valence-electron chi connectivity index (χ1n) is 6.83. The number of nitrogens with two attached hydrogens (primary N) is 1. The van der Waals surface area contributed by atoms with Gasteiger partial charge in [0.2, 0.25) is 17.1 Å². The number of carbonyl (C=O) groups excluding carboxylic acids is 2. The van der Waals surface area contributed by atoms with Crippen LogP contribution in [0.25, 0.3) is 0 Å². The Morgan fingerprint density at radius 2 is 1.87 bits per heavy atom. The summed E-state index contributed by atoms with van der Waals surface area (Å²) >= 11 is 9.19. The van der Waals surface area contributed by atoms with Gasteiger partial charge >= 0.3 is 0 Å². The van der Waals surface area contributed by atoms with Crippen molar-refractivity contribution >= 4 is 50.9 Å². The molecule has 1 aromatic carbocycles. The van der Waals surface area contributed by atoms with Crippen molar-refractivity contribution in [2.45, 2.75) is 12.8 Å². The van der Waals surface area contributed by atoms with Crippen LogP contribution in [0.2, 0.25) is 5.28 Å². The van der Waals surface area contributed by atoms with Gasteiger partial charge in [-0.2, -0.15) is 4.98 Å². The third-order valence-electron chi connectivity index (χ3n) is 3.76. The third-order valence-corrected chi connectivity index (χ3v) is 4.47. The summed E-state index contributed by atoms with van der Waals surface area (Å²) in [5.74, 6) is -0.725. The lowest BCUT2D eigenvalue weighted by Crippen LogP contribution is -2.41. The molecule has 6 nitrogen and oxygen atoms in total. The lowest BCUT2D eigenvalue weighted by atomic mass is 10.0. The highest BCUT2D eigenvalue weighted by atomic mass is 79.9. The molecule has 1 saturated carbocycles. The number of amides is 2. The molecule has 1 fully saturated rings. The highest BCUT2D eigenvalue weighted by molar-refractivity contribution is 9.10. The molecule has 0 unspecified atom stereocenters. The maximum atomic E-state index is 13.0. The first kappa shape index (κ1) is 15.9. The second-order valence-corrected chi connectivity index (χ2v) is 6.50. The molecule has 2 aromatic rings. The van der Waals surface area contributed by atoms with E-state index in [-0.39, 0.29) is 5.28 Å². The molecular weight excluding hydrogens is 384 g/mol. The van der Waals surface area contributed by atoms with Gasteiger partial charge in [-0.25, -0.2) is 4.98 Å². The van der Waals surface area contributed by atoms with E-state index in [1.807, 2.05) is 0 Å². The summed E-state index contributed by atoms with van der Waals surface area (Å²) in [6.07, 6.45) is 2.33. The average Bonchev–Trinajstić information content (AvgIpc) is 3.31. The minimum atomic E-state index is -1.16. The van der Waals surface area contributed by atoms with E-state index in [9.17, 15) is 9.59 Å².